The molecular weight excluding hydrogens is 384 g/mol. The molecule has 0 saturated heterocycles. The monoisotopic (exact) mass is 420 g/mol. The van der Waals surface area contributed by atoms with Gasteiger partial charge in [-0.05, 0) is 78.4 Å². The van der Waals surface area contributed by atoms with Crippen molar-refractivity contribution >= 4 is 11.6 Å². The summed E-state index contributed by atoms with van der Waals surface area (Å²) < 4.78 is 0. The summed E-state index contributed by atoms with van der Waals surface area (Å²) in [5.41, 5.74) is 4.37. The average Bonchev–Trinajstić information content (AvgIpc) is 2.71. The van der Waals surface area contributed by atoms with Gasteiger partial charge in [0.1, 0.15) is 5.78 Å². The lowest BCUT2D eigenvalue weighted by Crippen LogP contribution is -2.61. The van der Waals surface area contributed by atoms with E-state index < -0.39 is 0 Å². The molecule has 6 atom stereocenters. The molecule has 31 heavy (non-hydrogen) atoms. The van der Waals surface area contributed by atoms with Gasteiger partial charge in [0.15, 0.2) is 5.76 Å². The third-order valence-corrected chi connectivity index (χ3v) is 10.7. The van der Waals surface area contributed by atoms with Crippen molar-refractivity contribution in [2.45, 2.75) is 80.1 Å². The maximum Gasteiger partial charge on any atom is 0.220 e. The van der Waals surface area contributed by atoms with Gasteiger partial charge in [-0.25, -0.2) is 0 Å². The number of fused-ring (bicyclic) bond motifs is 7. The van der Waals surface area contributed by atoms with Gasteiger partial charge in [-0.2, -0.15) is 0 Å². The molecule has 0 bridgehead atoms. The van der Waals surface area contributed by atoms with Crippen molar-refractivity contribution in [1.29, 1.82) is 0 Å². The quantitative estimate of drug-likeness (QED) is 0.492. The first kappa shape index (κ1) is 21.0. The van der Waals surface area contributed by atoms with Crippen LogP contribution in [-0.2, 0) is 9.59 Å². The van der Waals surface area contributed by atoms with Crippen LogP contribution in [-0.4, -0.2) is 16.7 Å². The zero-order valence-electron chi connectivity index (χ0n) is 19.9. The first-order valence-electron chi connectivity index (χ1n) is 12.0. The molecule has 3 fully saturated rings. The fourth-order valence-electron chi connectivity index (χ4n) is 8.39. The highest BCUT2D eigenvalue weighted by atomic mass is 16.3. The Morgan fingerprint density at radius 1 is 1.00 bits per heavy atom. The maximum atomic E-state index is 12.6. The molecule has 3 saturated carbocycles. The van der Waals surface area contributed by atoms with Crippen LogP contribution >= 0.6 is 0 Å². The summed E-state index contributed by atoms with van der Waals surface area (Å²) in [4.78, 5) is 25.2. The SMILES string of the molecule is CC1=C(O)C(=O)C=C2C1=CC=C1[C@@]2(C)CC[C@@]2(C)[C@H]3C[C@@H](C)C(=O)C[C@]3(C)CC[C@]12C. The summed E-state index contributed by atoms with van der Waals surface area (Å²) in [6, 6.07) is 0. The van der Waals surface area contributed by atoms with Gasteiger partial charge in [-0.1, -0.05) is 52.3 Å². The van der Waals surface area contributed by atoms with Crippen molar-refractivity contribution in [2.75, 3.05) is 0 Å². The van der Waals surface area contributed by atoms with Crippen molar-refractivity contribution in [3.05, 3.63) is 46.3 Å². The summed E-state index contributed by atoms with van der Waals surface area (Å²) in [5, 5.41) is 10.2. The Kier molecular flexibility index (Phi) is 4.14. The van der Waals surface area contributed by atoms with Gasteiger partial charge < -0.3 is 5.11 Å². The molecule has 0 radical (unpaired) electrons. The predicted octanol–water partition coefficient (Wildman–Crippen LogP) is 6.42. The van der Waals surface area contributed by atoms with E-state index in [1.165, 1.54) is 5.57 Å². The Morgan fingerprint density at radius 3 is 2.42 bits per heavy atom. The van der Waals surface area contributed by atoms with E-state index in [1.54, 1.807) is 6.08 Å². The lowest BCUT2D eigenvalue weighted by molar-refractivity contribution is -0.161. The molecule has 3 nitrogen and oxygen atoms in total. The fourth-order valence-corrected chi connectivity index (χ4v) is 8.39. The minimum absolute atomic E-state index is 0.0350. The first-order chi connectivity index (χ1) is 14.4. The van der Waals surface area contributed by atoms with Crippen molar-refractivity contribution in [3.8, 4) is 0 Å². The molecular formula is C28H36O3. The van der Waals surface area contributed by atoms with Crippen LogP contribution in [0.3, 0.4) is 0 Å². The van der Waals surface area contributed by atoms with Gasteiger partial charge in [0.25, 0.3) is 0 Å². The molecule has 0 spiro atoms. The Balaban J connectivity index is 1.65. The van der Waals surface area contributed by atoms with E-state index in [0.717, 1.165) is 49.7 Å². The summed E-state index contributed by atoms with van der Waals surface area (Å²) in [5.74, 6) is 0.767. The number of rotatable bonds is 0. The first-order valence-corrected chi connectivity index (χ1v) is 12.0. The number of carbonyl (C=O) groups is 2. The summed E-state index contributed by atoms with van der Waals surface area (Å²) in [6.07, 6.45) is 12.2. The molecule has 0 amide bonds. The summed E-state index contributed by atoms with van der Waals surface area (Å²) in [6.45, 7) is 13.6. The van der Waals surface area contributed by atoms with Crippen molar-refractivity contribution in [1.82, 2.24) is 0 Å². The molecule has 5 aliphatic rings. The van der Waals surface area contributed by atoms with Crippen molar-refractivity contribution < 1.29 is 14.7 Å². The number of allylic oxidation sites excluding steroid dienone is 7. The van der Waals surface area contributed by atoms with Crippen LogP contribution in [0.1, 0.15) is 80.1 Å². The summed E-state index contributed by atoms with van der Waals surface area (Å²) >= 11 is 0. The van der Waals surface area contributed by atoms with E-state index in [1.807, 2.05) is 6.92 Å². The largest absolute Gasteiger partial charge is 0.504 e. The molecule has 5 aliphatic carbocycles. The van der Waals surface area contributed by atoms with Gasteiger partial charge in [0, 0.05) is 23.3 Å². The van der Waals surface area contributed by atoms with Crippen LogP contribution in [0, 0.1) is 33.5 Å². The second-order valence-electron chi connectivity index (χ2n) is 12.1. The van der Waals surface area contributed by atoms with Crippen LogP contribution in [0.5, 0.6) is 0 Å². The number of Topliss-reactive ketones (excluding diaryl/α,β-unsaturated/α-hetero) is 1. The number of aliphatic hydroxyl groups excluding tert-OH is 1. The minimum atomic E-state index is -0.263. The van der Waals surface area contributed by atoms with Crippen molar-refractivity contribution in [3.63, 3.8) is 0 Å². The van der Waals surface area contributed by atoms with E-state index in [-0.39, 0.29) is 39.1 Å². The van der Waals surface area contributed by atoms with E-state index in [2.05, 4.69) is 46.8 Å². The highest BCUT2D eigenvalue weighted by molar-refractivity contribution is 6.06. The van der Waals surface area contributed by atoms with E-state index >= 15 is 0 Å². The second kappa shape index (κ2) is 6.11. The van der Waals surface area contributed by atoms with Gasteiger partial charge in [0.2, 0.25) is 5.78 Å². The average molecular weight is 421 g/mol. The highest BCUT2D eigenvalue weighted by Crippen LogP contribution is 2.74. The Morgan fingerprint density at radius 2 is 1.71 bits per heavy atom. The van der Waals surface area contributed by atoms with E-state index in [9.17, 15) is 14.7 Å². The molecule has 166 valence electrons. The Labute approximate surface area is 186 Å². The molecule has 0 aromatic carbocycles. The molecule has 0 aromatic rings. The number of hydrogen-bond acceptors (Lipinski definition) is 3. The summed E-state index contributed by atoms with van der Waals surface area (Å²) in [7, 11) is 0. The normalized spacial score (nSPS) is 46.8. The lowest BCUT2D eigenvalue weighted by Gasteiger charge is -2.69. The molecule has 0 aliphatic heterocycles. The molecule has 3 heteroatoms. The van der Waals surface area contributed by atoms with Gasteiger partial charge in [-0.3, -0.25) is 9.59 Å². The van der Waals surface area contributed by atoms with Crippen LogP contribution in [0.4, 0.5) is 0 Å². The van der Waals surface area contributed by atoms with Crippen LogP contribution < -0.4 is 0 Å². The third kappa shape index (κ3) is 2.41. The molecule has 0 aromatic heterocycles. The van der Waals surface area contributed by atoms with E-state index in [4.69, 9.17) is 0 Å². The van der Waals surface area contributed by atoms with Crippen molar-refractivity contribution in [2.24, 2.45) is 33.5 Å². The van der Waals surface area contributed by atoms with Gasteiger partial charge in [-0.15, -0.1) is 0 Å². The second-order valence-corrected chi connectivity index (χ2v) is 12.1. The van der Waals surface area contributed by atoms with Crippen LogP contribution in [0.25, 0.3) is 0 Å². The Bertz CT molecular complexity index is 1040. The van der Waals surface area contributed by atoms with E-state index in [0.29, 0.717) is 17.3 Å². The number of carbonyl (C=O) groups excluding carboxylic acids is 2. The van der Waals surface area contributed by atoms with Crippen LogP contribution in [0.2, 0.25) is 0 Å². The number of ketones is 2. The standard InChI is InChI=1S/C28H36O3/c1-16-13-23-25(3,15-21(16)30)9-11-27(5)22-8-7-18-17(2)24(31)20(29)14-19(18)26(22,4)10-12-28(23,27)6/h7-8,14,16,23,31H,9-13,15H2,1-6H3/t16-,23+,25+,26+,27-,28+/m1/s1. The topological polar surface area (TPSA) is 54.4 Å². The lowest BCUT2D eigenvalue weighted by atomic mass is 9.35. The predicted molar refractivity (Wildman–Crippen MR) is 122 cm³/mol. The molecule has 5 rings (SSSR count). The fraction of sp³-hybridized carbons (Fsp3) is 0.643. The maximum absolute atomic E-state index is 12.6. The molecule has 0 heterocycles. The third-order valence-electron chi connectivity index (χ3n) is 10.7. The van der Waals surface area contributed by atoms with Gasteiger partial charge >= 0.3 is 0 Å². The molecule has 0 unspecified atom stereocenters. The highest BCUT2D eigenvalue weighted by Gasteiger charge is 2.66. The zero-order chi connectivity index (χ0) is 22.6. The zero-order valence-corrected chi connectivity index (χ0v) is 19.9. The number of hydrogen-bond donors (Lipinski definition) is 1. The smallest absolute Gasteiger partial charge is 0.220 e. The van der Waals surface area contributed by atoms with Crippen LogP contribution in [0.15, 0.2) is 46.3 Å². The van der Waals surface area contributed by atoms with Gasteiger partial charge in [0.05, 0.1) is 0 Å². The minimum Gasteiger partial charge on any atom is -0.504 e. The molecule has 1 N–H and O–H groups in total. The Hall–Kier alpha value is -1.90. The number of aliphatic hydroxyl groups is 1.